The third-order valence-electron chi connectivity index (χ3n) is 7.10. The van der Waals surface area contributed by atoms with E-state index in [0.717, 1.165) is 44.5 Å². The van der Waals surface area contributed by atoms with Crippen molar-refractivity contribution in [3.8, 4) is 23.1 Å². The van der Waals surface area contributed by atoms with Gasteiger partial charge < -0.3 is 5.32 Å². The van der Waals surface area contributed by atoms with E-state index in [0.29, 0.717) is 16.9 Å². The van der Waals surface area contributed by atoms with Gasteiger partial charge in [-0.3, -0.25) is 9.48 Å². The summed E-state index contributed by atoms with van der Waals surface area (Å²) in [5.74, 6) is 6.33. The first kappa shape index (κ1) is 25.0. The number of aryl methyl sites for hydroxylation is 2. The summed E-state index contributed by atoms with van der Waals surface area (Å²) in [4.78, 5) is 23.0. The molecule has 0 saturated carbocycles. The van der Waals surface area contributed by atoms with E-state index >= 15 is 0 Å². The number of aromatic nitrogens is 6. The Labute approximate surface area is 231 Å². The average molecular weight is 526 g/mol. The zero-order valence-corrected chi connectivity index (χ0v) is 22.7. The molecule has 0 spiro atoms. The predicted molar refractivity (Wildman–Crippen MR) is 155 cm³/mol. The molecule has 0 aliphatic carbocycles. The van der Waals surface area contributed by atoms with E-state index in [4.69, 9.17) is 4.98 Å². The Morgan fingerprint density at radius 2 is 1.80 bits per heavy atom. The summed E-state index contributed by atoms with van der Waals surface area (Å²) in [6, 6.07) is 19.5. The third-order valence-corrected chi connectivity index (χ3v) is 7.10. The van der Waals surface area contributed by atoms with Gasteiger partial charge in [-0.1, -0.05) is 54.3 Å². The number of nitrogens with zero attached hydrogens (tertiary/aromatic N) is 6. The van der Waals surface area contributed by atoms with Crippen LogP contribution in [-0.4, -0.2) is 35.3 Å². The first-order valence-corrected chi connectivity index (χ1v) is 13.0. The number of hydrogen-bond donors (Lipinski definition) is 1. The molecule has 40 heavy (non-hydrogen) atoms. The van der Waals surface area contributed by atoms with Crippen LogP contribution in [0.1, 0.15) is 51.4 Å². The Bertz CT molecular complexity index is 1960. The minimum Gasteiger partial charge on any atom is -0.345 e. The van der Waals surface area contributed by atoms with Gasteiger partial charge in [0.25, 0.3) is 5.91 Å². The molecule has 196 valence electrons. The number of nitrogens with one attached hydrogen (secondary N) is 1. The topological polar surface area (TPSA) is 90.0 Å². The van der Waals surface area contributed by atoms with E-state index in [9.17, 15) is 4.79 Å². The van der Waals surface area contributed by atoms with Gasteiger partial charge in [0.05, 0.1) is 46.0 Å². The standard InChI is InChI=1S/C32H27N7O/c1-20(35-32(40)28-21(2)37-39-17-9-16-33-31(28)39)27-18-25-13-8-12-24(14-15-26-19-34-38(4)22(26)3)29(25)36-30(27)23-10-6-5-7-11-23/h5-13,16-20H,1-4H3,(H,35,40). The summed E-state index contributed by atoms with van der Waals surface area (Å²) in [7, 11) is 1.90. The molecule has 6 rings (SSSR count). The molecule has 0 aliphatic heterocycles. The molecule has 1 atom stereocenters. The highest BCUT2D eigenvalue weighted by Gasteiger charge is 2.23. The molecular formula is C32H27N7O. The average Bonchev–Trinajstić information content (AvgIpc) is 3.48. The molecule has 1 unspecified atom stereocenters. The van der Waals surface area contributed by atoms with Crippen LogP contribution in [-0.2, 0) is 7.05 Å². The fraction of sp³-hybridized carbons (Fsp3) is 0.156. The molecule has 0 saturated heterocycles. The zero-order valence-electron chi connectivity index (χ0n) is 22.7. The summed E-state index contributed by atoms with van der Waals surface area (Å²) < 4.78 is 3.43. The third kappa shape index (κ3) is 4.48. The number of hydrogen-bond acceptors (Lipinski definition) is 5. The quantitative estimate of drug-likeness (QED) is 0.320. The maximum absolute atomic E-state index is 13.5. The van der Waals surface area contributed by atoms with Crippen molar-refractivity contribution in [2.75, 3.05) is 0 Å². The van der Waals surface area contributed by atoms with Crippen LogP contribution in [0.4, 0.5) is 0 Å². The number of carbonyl (C=O) groups excluding carboxylic acids is 1. The molecule has 0 radical (unpaired) electrons. The van der Waals surface area contributed by atoms with Crippen LogP contribution in [0.15, 0.2) is 79.3 Å². The number of para-hydroxylation sites is 1. The first-order chi connectivity index (χ1) is 19.4. The van der Waals surface area contributed by atoms with E-state index in [2.05, 4.69) is 38.4 Å². The molecule has 4 aromatic heterocycles. The SMILES string of the molecule is Cc1nn2cccnc2c1C(=O)NC(C)c1cc2cccc(C#Cc3cnn(C)c3C)c2nc1-c1ccccc1. The summed E-state index contributed by atoms with van der Waals surface area (Å²) in [5, 5.41) is 12.8. The fourth-order valence-corrected chi connectivity index (χ4v) is 4.84. The van der Waals surface area contributed by atoms with Crippen LogP contribution in [0, 0.1) is 25.7 Å². The molecule has 6 aromatic rings. The monoisotopic (exact) mass is 525 g/mol. The van der Waals surface area contributed by atoms with Crippen LogP contribution in [0.25, 0.3) is 27.8 Å². The van der Waals surface area contributed by atoms with Gasteiger partial charge in [-0.25, -0.2) is 14.5 Å². The maximum atomic E-state index is 13.5. The van der Waals surface area contributed by atoms with Crippen molar-refractivity contribution in [3.05, 3.63) is 113 Å². The van der Waals surface area contributed by atoms with E-state index in [-0.39, 0.29) is 11.9 Å². The largest absolute Gasteiger partial charge is 0.345 e. The van der Waals surface area contributed by atoms with Gasteiger partial charge in [0, 0.05) is 36.0 Å². The van der Waals surface area contributed by atoms with Gasteiger partial charge in [0.1, 0.15) is 5.56 Å². The lowest BCUT2D eigenvalue weighted by Crippen LogP contribution is -2.27. The number of benzene rings is 2. The van der Waals surface area contributed by atoms with E-state index < -0.39 is 0 Å². The van der Waals surface area contributed by atoms with Crippen LogP contribution in [0.3, 0.4) is 0 Å². The van der Waals surface area contributed by atoms with Crippen LogP contribution in [0.2, 0.25) is 0 Å². The molecule has 4 heterocycles. The van der Waals surface area contributed by atoms with Crippen molar-refractivity contribution < 1.29 is 4.79 Å². The number of rotatable bonds is 4. The van der Waals surface area contributed by atoms with Crippen LogP contribution >= 0.6 is 0 Å². The second-order valence-electron chi connectivity index (χ2n) is 9.73. The van der Waals surface area contributed by atoms with Crippen molar-refractivity contribution >= 4 is 22.5 Å². The van der Waals surface area contributed by atoms with Crippen molar-refractivity contribution in [1.82, 2.24) is 34.7 Å². The van der Waals surface area contributed by atoms with Gasteiger partial charge in [0.2, 0.25) is 0 Å². The van der Waals surface area contributed by atoms with Crippen molar-refractivity contribution in [2.24, 2.45) is 7.05 Å². The summed E-state index contributed by atoms with van der Waals surface area (Å²) >= 11 is 0. The van der Waals surface area contributed by atoms with Crippen LogP contribution in [0.5, 0.6) is 0 Å². The number of amides is 1. The fourth-order valence-electron chi connectivity index (χ4n) is 4.84. The van der Waals surface area contributed by atoms with E-state index in [1.54, 1.807) is 29.2 Å². The van der Waals surface area contributed by atoms with E-state index in [1.807, 2.05) is 81.0 Å². The van der Waals surface area contributed by atoms with Gasteiger partial charge in [-0.2, -0.15) is 10.2 Å². The summed E-state index contributed by atoms with van der Waals surface area (Å²) in [6.45, 7) is 5.78. The molecule has 8 nitrogen and oxygen atoms in total. The molecular weight excluding hydrogens is 498 g/mol. The van der Waals surface area contributed by atoms with Gasteiger partial charge in [-0.05, 0) is 39.0 Å². The lowest BCUT2D eigenvalue weighted by atomic mass is 9.97. The Kier molecular flexibility index (Phi) is 6.33. The summed E-state index contributed by atoms with van der Waals surface area (Å²) in [5.41, 5.74) is 7.79. The van der Waals surface area contributed by atoms with Crippen molar-refractivity contribution in [3.63, 3.8) is 0 Å². The van der Waals surface area contributed by atoms with Crippen LogP contribution < -0.4 is 5.32 Å². The second kappa shape index (κ2) is 10.1. The molecule has 0 aliphatic rings. The Morgan fingerprint density at radius 3 is 2.58 bits per heavy atom. The molecule has 8 heteroatoms. The smallest absolute Gasteiger partial charge is 0.257 e. The molecule has 1 N–H and O–H groups in total. The Hall–Kier alpha value is -5.29. The first-order valence-electron chi connectivity index (χ1n) is 13.0. The normalized spacial score (nSPS) is 11.8. The lowest BCUT2D eigenvalue weighted by Gasteiger charge is -2.19. The highest BCUT2D eigenvalue weighted by molar-refractivity contribution is 6.01. The van der Waals surface area contributed by atoms with Gasteiger partial charge >= 0.3 is 0 Å². The second-order valence-corrected chi connectivity index (χ2v) is 9.73. The molecule has 0 fully saturated rings. The Morgan fingerprint density at radius 1 is 1.00 bits per heavy atom. The zero-order chi connectivity index (χ0) is 27.8. The number of pyridine rings is 1. The highest BCUT2D eigenvalue weighted by Crippen LogP contribution is 2.31. The van der Waals surface area contributed by atoms with E-state index in [1.165, 1.54) is 0 Å². The molecule has 0 bridgehead atoms. The minimum atomic E-state index is -0.342. The van der Waals surface area contributed by atoms with Gasteiger partial charge in [0.15, 0.2) is 5.65 Å². The minimum absolute atomic E-state index is 0.232. The number of carbonyl (C=O) groups is 1. The highest BCUT2D eigenvalue weighted by atomic mass is 16.1. The van der Waals surface area contributed by atoms with Crippen molar-refractivity contribution in [2.45, 2.75) is 26.8 Å². The molecule has 2 aromatic carbocycles. The molecule has 1 amide bonds. The Balaban J connectivity index is 1.43. The number of fused-ring (bicyclic) bond motifs is 2. The maximum Gasteiger partial charge on any atom is 0.257 e. The van der Waals surface area contributed by atoms with Gasteiger partial charge in [-0.15, -0.1) is 0 Å². The van der Waals surface area contributed by atoms with Crippen molar-refractivity contribution in [1.29, 1.82) is 0 Å². The predicted octanol–water partition coefficient (Wildman–Crippen LogP) is 5.19. The lowest BCUT2D eigenvalue weighted by molar-refractivity contribution is 0.0941. The summed E-state index contributed by atoms with van der Waals surface area (Å²) in [6.07, 6.45) is 5.22.